The largest absolute Gasteiger partial charge is 0.428 e. The summed E-state index contributed by atoms with van der Waals surface area (Å²) in [6, 6.07) is -0.0971. The van der Waals surface area contributed by atoms with Crippen LogP contribution in [0, 0.1) is 5.92 Å². The van der Waals surface area contributed by atoms with Gasteiger partial charge in [-0.05, 0) is 12.8 Å². The van der Waals surface area contributed by atoms with E-state index in [9.17, 15) is 9.59 Å². The van der Waals surface area contributed by atoms with Crippen molar-refractivity contribution in [3.63, 3.8) is 0 Å². The first kappa shape index (κ1) is 12.4. The average Bonchev–Trinajstić information content (AvgIpc) is 3.02. The molecule has 2 rings (SSSR count). The highest BCUT2D eigenvalue weighted by Crippen LogP contribution is 2.25. The topological polar surface area (TPSA) is 69.2 Å². The number of hydrogen-bond acceptors (Lipinski definition) is 4. The van der Waals surface area contributed by atoms with Gasteiger partial charge in [-0.25, -0.2) is 4.79 Å². The molecule has 2 N–H and O–H groups in total. The number of quaternary nitrogens is 1. The highest BCUT2D eigenvalue weighted by atomic mass is 16.7. The lowest BCUT2D eigenvalue weighted by atomic mass is 10.1. The van der Waals surface area contributed by atoms with Gasteiger partial charge >= 0.3 is 11.9 Å². The first-order valence-corrected chi connectivity index (χ1v) is 6.44. The van der Waals surface area contributed by atoms with Crippen LogP contribution < -0.4 is 5.32 Å². The second-order valence-corrected chi connectivity index (χ2v) is 4.80. The van der Waals surface area contributed by atoms with Crippen LogP contribution in [0.4, 0.5) is 0 Å². The Labute approximate surface area is 101 Å². The zero-order valence-corrected chi connectivity index (χ0v) is 10.0. The van der Waals surface area contributed by atoms with Crippen LogP contribution in [0.1, 0.15) is 38.5 Å². The molecule has 17 heavy (non-hydrogen) atoms. The smallest absolute Gasteiger partial charge is 0.367 e. The van der Waals surface area contributed by atoms with E-state index >= 15 is 0 Å². The zero-order valence-electron chi connectivity index (χ0n) is 10.0. The molecule has 1 aliphatic carbocycles. The lowest BCUT2D eigenvalue weighted by molar-refractivity contribution is -0.659. The third-order valence-corrected chi connectivity index (χ3v) is 3.56. The molecule has 1 unspecified atom stereocenters. The maximum absolute atomic E-state index is 11.5. The first-order chi connectivity index (χ1) is 8.27. The molecule has 1 saturated heterocycles. The molecule has 0 radical (unpaired) electrons. The molecule has 0 bridgehead atoms. The quantitative estimate of drug-likeness (QED) is 0.554. The minimum Gasteiger partial charge on any atom is -0.428 e. The second kappa shape index (κ2) is 6.00. The van der Waals surface area contributed by atoms with Gasteiger partial charge in [0.15, 0.2) is 6.04 Å². The third kappa shape index (κ3) is 3.43. The van der Waals surface area contributed by atoms with Crippen LogP contribution in [0.25, 0.3) is 0 Å². The number of esters is 2. The molecule has 0 aromatic carbocycles. The Kier molecular flexibility index (Phi) is 4.36. The van der Waals surface area contributed by atoms with Crippen LogP contribution in [-0.2, 0) is 19.1 Å². The Bertz CT molecular complexity index is 252. The van der Waals surface area contributed by atoms with Gasteiger partial charge in [0.2, 0.25) is 6.79 Å². The predicted molar refractivity (Wildman–Crippen MR) is 58.8 cm³/mol. The molecule has 0 aromatic rings. The van der Waals surface area contributed by atoms with E-state index in [0.717, 1.165) is 45.1 Å². The number of ether oxygens (including phenoxy) is 2. The Hall–Kier alpha value is -1.10. The fourth-order valence-corrected chi connectivity index (χ4v) is 2.52. The van der Waals surface area contributed by atoms with E-state index in [0.29, 0.717) is 0 Å². The van der Waals surface area contributed by atoms with E-state index in [1.54, 1.807) is 0 Å². The number of rotatable bonds is 4. The van der Waals surface area contributed by atoms with Gasteiger partial charge < -0.3 is 14.8 Å². The molecule has 1 saturated carbocycles. The maximum Gasteiger partial charge on any atom is 0.367 e. The van der Waals surface area contributed by atoms with E-state index < -0.39 is 0 Å². The van der Waals surface area contributed by atoms with Gasteiger partial charge in [0.25, 0.3) is 0 Å². The molecule has 5 heteroatoms. The predicted octanol–water partition coefficient (Wildman–Crippen LogP) is -0.0537. The van der Waals surface area contributed by atoms with Gasteiger partial charge in [0, 0.05) is 12.8 Å². The van der Waals surface area contributed by atoms with E-state index in [1.807, 2.05) is 5.32 Å². The summed E-state index contributed by atoms with van der Waals surface area (Å²) in [5, 5.41) is 1.97. The minimum absolute atomic E-state index is 0.0201. The maximum atomic E-state index is 11.5. The van der Waals surface area contributed by atoms with Crippen LogP contribution in [-0.4, -0.2) is 31.3 Å². The van der Waals surface area contributed by atoms with Crippen LogP contribution in [0.15, 0.2) is 0 Å². The van der Waals surface area contributed by atoms with Crippen molar-refractivity contribution in [2.75, 3.05) is 13.3 Å². The minimum atomic E-state index is -0.262. The zero-order chi connectivity index (χ0) is 12.1. The highest BCUT2D eigenvalue weighted by molar-refractivity contribution is 5.75. The van der Waals surface area contributed by atoms with Crippen molar-refractivity contribution in [1.29, 1.82) is 0 Å². The van der Waals surface area contributed by atoms with Gasteiger partial charge in [-0.15, -0.1) is 0 Å². The van der Waals surface area contributed by atoms with E-state index in [-0.39, 0.29) is 30.7 Å². The van der Waals surface area contributed by atoms with E-state index in [4.69, 9.17) is 9.47 Å². The molecule has 0 amide bonds. The van der Waals surface area contributed by atoms with E-state index in [1.165, 1.54) is 0 Å². The molecule has 96 valence electrons. The highest BCUT2D eigenvalue weighted by Gasteiger charge is 2.28. The van der Waals surface area contributed by atoms with E-state index in [2.05, 4.69) is 0 Å². The van der Waals surface area contributed by atoms with Gasteiger partial charge in [0.05, 0.1) is 12.5 Å². The second-order valence-electron chi connectivity index (χ2n) is 4.80. The Balaban J connectivity index is 1.61. The molecular formula is C12H20NO4+. The standard InChI is InChI=1S/C12H19NO4/c14-11(9-4-1-2-5-9)16-8-17-12(15)10-6-3-7-13-10/h9-10,13H,1-8H2/p+1. The molecule has 2 fully saturated rings. The summed E-state index contributed by atoms with van der Waals surface area (Å²) in [7, 11) is 0. The van der Waals surface area contributed by atoms with Crippen LogP contribution in [0.2, 0.25) is 0 Å². The molecular weight excluding hydrogens is 222 g/mol. The number of carbonyl (C=O) groups is 2. The summed E-state index contributed by atoms with van der Waals surface area (Å²) in [4.78, 5) is 23.0. The van der Waals surface area contributed by atoms with Crippen LogP contribution in [0.5, 0.6) is 0 Å². The molecule has 0 spiro atoms. The molecule has 1 aliphatic heterocycles. The van der Waals surface area contributed by atoms with Crippen molar-refractivity contribution in [3.8, 4) is 0 Å². The van der Waals surface area contributed by atoms with Gasteiger partial charge in [-0.1, -0.05) is 12.8 Å². The summed E-state index contributed by atoms with van der Waals surface area (Å²) in [5.41, 5.74) is 0. The summed E-state index contributed by atoms with van der Waals surface area (Å²) in [6.45, 7) is 0.750. The molecule has 1 atom stereocenters. The van der Waals surface area contributed by atoms with Crippen molar-refractivity contribution in [3.05, 3.63) is 0 Å². The first-order valence-electron chi connectivity index (χ1n) is 6.44. The third-order valence-electron chi connectivity index (χ3n) is 3.56. The average molecular weight is 242 g/mol. The van der Waals surface area contributed by atoms with Crippen LogP contribution in [0.3, 0.4) is 0 Å². The molecule has 5 nitrogen and oxygen atoms in total. The summed E-state index contributed by atoms with van der Waals surface area (Å²) < 4.78 is 9.90. The number of carbonyl (C=O) groups excluding carboxylic acids is 2. The monoisotopic (exact) mass is 242 g/mol. The normalized spacial score (nSPS) is 24.8. The fourth-order valence-electron chi connectivity index (χ4n) is 2.52. The SMILES string of the molecule is O=C(OCOC(=O)C1CCC[NH2+]1)C1CCCC1. The van der Waals surface area contributed by atoms with Crippen molar-refractivity contribution in [1.82, 2.24) is 0 Å². The van der Waals surface area contributed by atoms with Crippen molar-refractivity contribution >= 4 is 11.9 Å². The van der Waals surface area contributed by atoms with Crippen molar-refractivity contribution < 1.29 is 24.4 Å². The Morgan fingerprint density at radius 1 is 1.00 bits per heavy atom. The summed E-state index contributed by atoms with van der Waals surface area (Å²) >= 11 is 0. The summed E-state index contributed by atoms with van der Waals surface area (Å²) in [5.74, 6) is -0.459. The number of nitrogens with two attached hydrogens (primary N) is 1. The lowest BCUT2D eigenvalue weighted by Crippen LogP contribution is -2.88. The Morgan fingerprint density at radius 3 is 2.35 bits per heavy atom. The summed E-state index contributed by atoms with van der Waals surface area (Å²) in [6.07, 6.45) is 5.90. The van der Waals surface area contributed by atoms with Gasteiger partial charge in [-0.3, -0.25) is 4.79 Å². The van der Waals surface area contributed by atoms with Crippen LogP contribution >= 0.6 is 0 Å². The van der Waals surface area contributed by atoms with Gasteiger partial charge in [0.1, 0.15) is 0 Å². The molecule has 0 aromatic heterocycles. The lowest BCUT2D eigenvalue weighted by Gasteiger charge is -2.11. The van der Waals surface area contributed by atoms with Gasteiger partial charge in [-0.2, -0.15) is 0 Å². The van der Waals surface area contributed by atoms with Crippen molar-refractivity contribution in [2.24, 2.45) is 5.92 Å². The fraction of sp³-hybridized carbons (Fsp3) is 0.833. The molecule has 2 aliphatic rings. The number of hydrogen-bond donors (Lipinski definition) is 1. The van der Waals surface area contributed by atoms with Crippen molar-refractivity contribution in [2.45, 2.75) is 44.6 Å². The Morgan fingerprint density at radius 2 is 1.71 bits per heavy atom. The molecule has 1 heterocycles.